The van der Waals surface area contributed by atoms with Gasteiger partial charge in [-0.05, 0) is 37.3 Å². The Morgan fingerprint density at radius 3 is 2.66 bits per heavy atom. The first kappa shape index (κ1) is 19.0. The number of nitrogens with one attached hydrogen (secondary N) is 1. The molecule has 1 N–H and O–H groups in total. The summed E-state index contributed by atoms with van der Waals surface area (Å²) in [5.74, 6) is 1.41. The van der Waals surface area contributed by atoms with Crippen LogP contribution < -0.4 is 20.8 Å². The van der Waals surface area contributed by atoms with Crippen LogP contribution in [0.5, 0.6) is 0 Å². The fourth-order valence-corrected chi connectivity index (χ4v) is 3.25. The van der Waals surface area contributed by atoms with Crippen molar-refractivity contribution in [3.8, 4) is 11.3 Å². The molecule has 29 heavy (non-hydrogen) atoms. The average molecular weight is 388 g/mol. The van der Waals surface area contributed by atoms with E-state index in [0.717, 1.165) is 46.4 Å². The molecular formula is C22H24N6O. The van der Waals surface area contributed by atoms with Gasteiger partial charge in [-0.1, -0.05) is 12.2 Å². The smallest absolute Gasteiger partial charge is 0.228 e. The van der Waals surface area contributed by atoms with E-state index < -0.39 is 0 Å². The molecule has 0 radical (unpaired) electrons. The van der Waals surface area contributed by atoms with E-state index in [0.29, 0.717) is 19.2 Å². The van der Waals surface area contributed by atoms with Crippen LogP contribution in [-0.2, 0) is 4.74 Å². The van der Waals surface area contributed by atoms with Crippen LogP contribution in [-0.4, -0.2) is 46.2 Å². The number of hydrogen-bond acceptors (Lipinski definition) is 7. The highest BCUT2D eigenvalue weighted by Gasteiger charge is 2.16. The van der Waals surface area contributed by atoms with Gasteiger partial charge in [0.25, 0.3) is 0 Å². The maximum absolute atomic E-state index is 5.47. The molecule has 148 valence electrons. The summed E-state index contributed by atoms with van der Waals surface area (Å²) >= 11 is 0. The zero-order valence-electron chi connectivity index (χ0n) is 16.7. The fraction of sp³-hybridized carbons (Fsp3) is 0.273. The largest absolute Gasteiger partial charge is 0.378 e. The number of hydrogen-bond donors (Lipinski definition) is 1. The van der Waals surface area contributed by atoms with Gasteiger partial charge in [0, 0.05) is 37.1 Å². The van der Waals surface area contributed by atoms with Crippen LogP contribution in [0.1, 0.15) is 13.8 Å². The third-order valence-corrected chi connectivity index (χ3v) is 4.77. The van der Waals surface area contributed by atoms with Crippen molar-refractivity contribution in [2.45, 2.75) is 13.8 Å². The van der Waals surface area contributed by atoms with E-state index in [1.54, 1.807) is 6.20 Å². The molecule has 0 aromatic carbocycles. The summed E-state index contributed by atoms with van der Waals surface area (Å²) in [6.07, 6.45) is 9.44. The Balaban J connectivity index is 1.74. The predicted molar refractivity (Wildman–Crippen MR) is 115 cm³/mol. The van der Waals surface area contributed by atoms with Gasteiger partial charge in [0.15, 0.2) is 0 Å². The Hall–Kier alpha value is -3.32. The van der Waals surface area contributed by atoms with Gasteiger partial charge in [0.05, 0.1) is 36.1 Å². The minimum absolute atomic E-state index is 0.678. The fourth-order valence-electron chi connectivity index (χ4n) is 3.25. The number of nitrogens with zero attached hydrogens (tertiary/aromatic N) is 5. The molecule has 0 amide bonds. The number of rotatable bonds is 4. The average Bonchev–Trinajstić information content (AvgIpc) is 2.80. The van der Waals surface area contributed by atoms with E-state index in [9.17, 15) is 0 Å². The maximum Gasteiger partial charge on any atom is 0.228 e. The number of anilines is 3. The van der Waals surface area contributed by atoms with Crippen molar-refractivity contribution in [2.75, 3.05) is 36.5 Å². The maximum atomic E-state index is 5.47. The van der Waals surface area contributed by atoms with Gasteiger partial charge in [0.2, 0.25) is 5.95 Å². The van der Waals surface area contributed by atoms with Gasteiger partial charge in [-0.3, -0.25) is 9.97 Å². The van der Waals surface area contributed by atoms with Gasteiger partial charge in [-0.25, -0.2) is 4.98 Å². The lowest BCUT2D eigenvalue weighted by atomic mass is 10.2. The summed E-state index contributed by atoms with van der Waals surface area (Å²) in [5.41, 5.74) is 2.66. The van der Waals surface area contributed by atoms with Gasteiger partial charge in [-0.2, -0.15) is 4.98 Å². The molecule has 3 aromatic rings. The molecule has 0 unspecified atom stereocenters. The van der Waals surface area contributed by atoms with Crippen LogP contribution in [0.3, 0.4) is 0 Å². The van der Waals surface area contributed by atoms with E-state index in [2.05, 4.69) is 26.3 Å². The van der Waals surface area contributed by atoms with Crippen molar-refractivity contribution in [1.82, 2.24) is 19.9 Å². The lowest BCUT2D eigenvalue weighted by Gasteiger charge is -2.27. The normalized spacial score (nSPS) is 15.6. The molecule has 1 aliphatic rings. The zero-order valence-corrected chi connectivity index (χ0v) is 16.7. The van der Waals surface area contributed by atoms with Crippen molar-refractivity contribution < 1.29 is 4.74 Å². The number of pyridine rings is 2. The van der Waals surface area contributed by atoms with E-state index in [1.807, 2.05) is 56.6 Å². The van der Waals surface area contributed by atoms with Crippen molar-refractivity contribution >= 4 is 29.6 Å². The molecule has 0 saturated carbocycles. The van der Waals surface area contributed by atoms with Crippen LogP contribution in [0.25, 0.3) is 23.4 Å². The first-order valence-electron chi connectivity index (χ1n) is 9.75. The SMILES string of the molecule is C/C=c1/cc(Nc2cc(-c3cccnc3)nc(N3CCOCC3)n2)cn/c1=C/C. The molecule has 1 saturated heterocycles. The van der Waals surface area contributed by atoms with Crippen molar-refractivity contribution in [2.24, 2.45) is 0 Å². The van der Waals surface area contributed by atoms with Crippen molar-refractivity contribution in [3.05, 3.63) is 53.4 Å². The summed E-state index contributed by atoms with van der Waals surface area (Å²) in [6.45, 7) is 6.90. The Kier molecular flexibility index (Phi) is 5.76. The minimum Gasteiger partial charge on any atom is -0.378 e. The summed E-state index contributed by atoms with van der Waals surface area (Å²) in [7, 11) is 0. The standard InChI is InChI=1S/C22H24N6O/c1-3-16-12-18(15-24-19(16)4-2)25-21-13-20(17-6-5-7-23-14-17)26-22(27-21)28-8-10-29-11-9-28/h3-7,12-15H,8-11H2,1-2H3,(H,25,26,27)/b16-3-,19-4+. The van der Waals surface area contributed by atoms with E-state index in [1.165, 1.54) is 0 Å². The third kappa shape index (κ3) is 4.41. The van der Waals surface area contributed by atoms with Gasteiger partial charge in [-0.15, -0.1) is 0 Å². The van der Waals surface area contributed by atoms with Crippen LogP contribution in [0.4, 0.5) is 17.5 Å². The molecule has 7 nitrogen and oxygen atoms in total. The first-order valence-corrected chi connectivity index (χ1v) is 9.75. The molecule has 0 spiro atoms. The van der Waals surface area contributed by atoms with Crippen LogP contribution in [0, 0.1) is 0 Å². The number of morpholine rings is 1. The summed E-state index contributed by atoms with van der Waals surface area (Å²) < 4.78 is 5.47. The second kappa shape index (κ2) is 8.79. The van der Waals surface area contributed by atoms with Crippen LogP contribution in [0.2, 0.25) is 0 Å². The molecule has 4 heterocycles. The Labute approximate surface area is 169 Å². The first-order chi connectivity index (χ1) is 14.3. The highest BCUT2D eigenvalue weighted by molar-refractivity contribution is 5.67. The number of ether oxygens (including phenoxy) is 1. The molecule has 1 aliphatic heterocycles. The summed E-state index contributed by atoms with van der Waals surface area (Å²) in [6, 6.07) is 7.92. The lowest BCUT2D eigenvalue weighted by molar-refractivity contribution is 0.122. The Morgan fingerprint density at radius 2 is 1.93 bits per heavy atom. The zero-order chi connectivity index (χ0) is 20.1. The molecule has 0 atom stereocenters. The number of aromatic nitrogens is 4. The molecule has 0 aliphatic carbocycles. The third-order valence-electron chi connectivity index (χ3n) is 4.77. The van der Waals surface area contributed by atoms with E-state index in [4.69, 9.17) is 14.7 Å². The van der Waals surface area contributed by atoms with Gasteiger partial charge in [0.1, 0.15) is 5.82 Å². The van der Waals surface area contributed by atoms with Crippen molar-refractivity contribution in [3.63, 3.8) is 0 Å². The highest BCUT2D eigenvalue weighted by Crippen LogP contribution is 2.24. The minimum atomic E-state index is 0.678. The van der Waals surface area contributed by atoms with Gasteiger partial charge >= 0.3 is 0 Å². The molecule has 7 heteroatoms. The predicted octanol–water partition coefficient (Wildman–Crippen LogP) is 2.11. The highest BCUT2D eigenvalue weighted by atomic mass is 16.5. The van der Waals surface area contributed by atoms with Crippen molar-refractivity contribution in [1.29, 1.82) is 0 Å². The van der Waals surface area contributed by atoms with E-state index >= 15 is 0 Å². The lowest BCUT2D eigenvalue weighted by Crippen LogP contribution is -2.37. The van der Waals surface area contributed by atoms with Gasteiger partial charge < -0.3 is 15.0 Å². The van der Waals surface area contributed by atoms with E-state index in [-0.39, 0.29) is 0 Å². The molecule has 1 fully saturated rings. The van der Waals surface area contributed by atoms with Crippen LogP contribution >= 0.6 is 0 Å². The molecule has 0 bridgehead atoms. The molecule has 3 aromatic heterocycles. The second-order valence-electron chi connectivity index (χ2n) is 6.68. The molecule has 4 rings (SSSR count). The van der Waals surface area contributed by atoms with Crippen LogP contribution in [0.15, 0.2) is 42.9 Å². The summed E-state index contributed by atoms with van der Waals surface area (Å²) in [5, 5.41) is 5.43. The Bertz CT molecular complexity index is 1090. The topological polar surface area (TPSA) is 76.1 Å². The Morgan fingerprint density at radius 1 is 1.07 bits per heavy atom. The summed E-state index contributed by atoms with van der Waals surface area (Å²) in [4.78, 5) is 20.4. The monoisotopic (exact) mass is 388 g/mol. The second-order valence-corrected chi connectivity index (χ2v) is 6.68. The molecular weight excluding hydrogens is 364 g/mol. The quantitative estimate of drug-likeness (QED) is 0.734.